The third-order valence-corrected chi connectivity index (χ3v) is 4.37. The molecule has 0 aliphatic carbocycles. The van der Waals surface area contributed by atoms with E-state index in [9.17, 15) is 14.0 Å². The van der Waals surface area contributed by atoms with Crippen LogP contribution in [-0.4, -0.2) is 35.8 Å². The highest BCUT2D eigenvalue weighted by Crippen LogP contribution is 2.30. The quantitative estimate of drug-likeness (QED) is 0.787. The van der Waals surface area contributed by atoms with Crippen molar-refractivity contribution in [1.29, 1.82) is 0 Å². The Labute approximate surface area is 124 Å². The van der Waals surface area contributed by atoms with Gasteiger partial charge in [0.15, 0.2) is 0 Å². The molecule has 106 valence electrons. The molecule has 6 heteroatoms. The van der Waals surface area contributed by atoms with Crippen molar-refractivity contribution < 1.29 is 14.0 Å². The Morgan fingerprint density at radius 3 is 2.85 bits per heavy atom. The Kier molecular flexibility index (Phi) is 3.50. The number of rotatable bonds is 1. The van der Waals surface area contributed by atoms with Gasteiger partial charge >= 0.3 is 0 Å². The molecule has 2 aliphatic heterocycles. The van der Waals surface area contributed by atoms with Gasteiger partial charge in [-0.15, -0.1) is 0 Å². The maximum Gasteiger partial charge on any atom is 0.249 e. The van der Waals surface area contributed by atoms with E-state index in [1.165, 1.54) is 11.0 Å². The minimum absolute atomic E-state index is 0.0150. The summed E-state index contributed by atoms with van der Waals surface area (Å²) in [4.78, 5) is 27.6. The zero-order valence-corrected chi connectivity index (χ0v) is 12.4. The fraction of sp³-hybridized carbons (Fsp3) is 0.429. The Balaban J connectivity index is 1.98. The van der Waals surface area contributed by atoms with Crippen LogP contribution in [-0.2, 0) is 9.59 Å². The van der Waals surface area contributed by atoms with Gasteiger partial charge in [-0.25, -0.2) is 4.39 Å². The topological polar surface area (TPSA) is 40.6 Å². The SMILES string of the molecule is O=C1C2CCCN2C(=O)CCN1c1cc(Br)ccc1F. The minimum Gasteiger partial charge on any atom is -0.331 e. The lowest BCUT2D eigenvalue weighted by Gasteiger charge is -2.25. The Morgan fingerprint density at radius 2 is 2.05 bits per heavy atom. The predicted molar refractivity (Wildman–Crippen MR) is 75.8 cm³/mol. The van der Waals surface area contributed by atoms with Crippen molar-refractivity contribution in [2.45, 2.75) is 25.3 Å². The summed E-state index contributed by atoms with van der Waals surface area (Å²) in [5.74, 6) is -0.635. The van der Waals surface area contributed by atoms with Gasteiger partial charge in [0.05, 0.1) is 5.69 Å². The van der Waals surface area contributed by atoms with Crippen LogP contribution in [0.5, 0.6) is 0 Å². The van der Waals surface area contributed by atoms with Crippen molar-refractivity contribution in [1.82, 2.24) is 4.90 Å². The van der Waals surface area contributed by atoms with Crippen molar-refractivity contribution in [3.05, 3.63) is 28.5 Å². The van der Waals surface area contributed by atoms with Gasteiger partial charge in [0.1, 0.15) is 11.9 Å². The van der Waals surface area contributed by atoms with Gasteiger partial charge in [-0.3, -0.25) is 9.59 Å². The highest BCUT2D eigenvalue weighted by molar-refractivity contribution is 9.10. The van der Waals surface area contributed by atoms with E-state index in [4.69, 9.17) is 0 Å². The lowest BCUT2D eigenvalue weighted by Crippen LogP contribution is -2.44. The molecule has 2 heterocycles. The standard InChI is InChI=1S/C14H14BrFN2O2/c15-9-3-4-10(16)12(8-9)18-7-5-13(19)17-6-1-2-11(17)14(18)20/h3-4,8,11H,1-2,5-7H2. The molecule has 0 radical (unpaired) electrons. The molecular weight excluding hydrogens is 327 g/mol. The number of carbonyl (C=O) groups excluding carboxylic acids is 2. The molecule has 1 aromatic rings. The molecule has 2 saturated heterocycles. The van der Waals surface area contributed by atoms with Gasteiger partial charge in [0, 0.05) is 24.0 Å². The summed E-state index contributed by atoms with van der Waals surface area (Å²) >= 11 is 3.29. The van der Waals surface area contributed by atoms with E-state index in [0.717, 1.165) is 6.42 Å². The number of carbonyl (C=O) groups is 2. The maximum absolute atomic E-state index is 14.0. The Morgan fingerprint density at radius 1 is 1.25 bits per heavy atom. The molecular formula is C14H14BrFN2O2. The number of anilines is 1. The molecule has 0 aromatic heterocycles. The van der Waals surface area contributed by atoms with Crippen LogP contribution in [0.2, 0.25) is 0 Å². The third kappa shape index (κ3) is 2.22. The Bertz CT molecular complexity index is 578. The smallest absolute Gasteiger partial charge is 0.249 e. The monoisotopic (exact) mass is 340 g/mol. The summed E-state index contributed by atoms with van der Waals surface area (Å²) in [5, 5.41) is 0. The first-order valence-corrected chi connectivity index (χ1v) is 7.43. The average Bonchev–Trinajstić information content (AvgIpc) is 2.87. The molecule has 4 nitrogen and oxygen atoms in total. The first-order valence-electron chi connectivity index (χ1n) is 6.64. The highest BCUT2D eigenvalue weighted by atomic mass is 79.9. The van der Waals surface area contributed by atoms with Crippen molar-refractivity contribution in [3.63, 3.8) is 0 Å². The predicted octanol–water partition coefficient (Wildman–Crippen LogP) is 2.32. The fourth-order valence-corrected chi connectivity index (χ4v) is 3.24. The second kappa shape index (κ2) is 5.16. The van der Waals surface area contributed by atoms with Crippen LogP contribution >= 0.6 is 15.9 Å². The largest absolute Gasteiger partial charge is 0.331 e. The van der Waals surface area contributed by atoms with Gasteiger partial charge in [-0.2, -0.15) is 0 Å². The van der Waals surface area contributed by atoms with Gasteiger partial charge in [0.2, 0.25) is 11.8 Å². The Hall–Kier alpha value is -1.43. The summed E-state index contributed by atoms with van der Waals surface area (Å²) in [6, 6.07) is 4.07. The van der Waals surface area contributed by atoms with Crippen LogP contribution in [0, 0.1) is 5.82 Å². The van der Waals surface area contributed by atoms with E-state index in [2.05, 4.69) is 15.9 Å². The molecule has 1 atom stereocenters. The van der Waals surface area contributed by atoms with Crippen LogP contribution < -0.4 is 4.90 Å². The molecule has 2 fully saturated rings. The zero-order valence-electron chi connectivity index (χ0n) is 10.8. The van der Waals surface area contributed by atoms with E-state index < -0.39 is 11.9 Å². The molecule has 0 saturated carbocycles. The van der Waals surface area contributed by atoms with Crippen molar-refractivity contribution in [2.75, 3.05) is 18.0 Å². The molecule has 0 spiro atoms. The first-order chi connectivity index (χ1) is 9.58. The van der Waals surface area contributed by atoms with E-state index in [1.807, 2.05) is 0 Å². The van der Waals surface area contributed by atoms with Crippen LogP contribution in [0.3, 0.4) is 0 Å². The highest BCUT2D eigenvalue weighted by Gasteiger charge is 2.40. The molecule has 3 rings (SSSR count). The number of fused-ring (bicyclic) bond motifs is 1. The van der Waals surface area contributed by atoms with Crippen LogP contribution in [0.4, 0.5) is 10.1 Å². The third-order valence-electron chi connectivity index (χ3n) is 3.87. The number of hydrogen-bond acceptors (Lipinski definition) is 2. The molecule has 2 aliphatic rings. The molecule has 20 heavy (non-hydrogen) atoms. The van der Waals surface area contributed by atoms with Crippen molar-refractivity contribution >= 4 is 33.4 Å². The number of nitrogens with zero attached hydrogens (tertiary/aromatic N) is 2. The summed E-state index contributed by atoms with van der Waals surface area (Å²) < 4.78 is 14.7. The molecule has 1 aromatic carbocycles. The lowest BCUT2D eigenvalue weighted by molar-refractivity contribution is -0.135. The lowest BCUT2D eigenvalue weighted by atomic mass is 10.2. The van der Waals surface area contributed by atoms with E-state index >= 15 is 0 Å². The van der Waals surface area contributed by atoms with Crippen molar-refractivity contribution in [3.8, 4) is 0 Å². The number of benzene rings is 1. The van der Waals surface area contributed by atoms with Gasteiger partial charge in [0.25, 0.3) is 0 Å². The zero-order chi connectivity index (χ0) is 14.3. The molecule has 0 bridgehead atoms. The average molecular weight is 341 g/mol. The molecule has 2 amide bonds. The summed E-state index contributed by atoms with van der Waals surface area (Å²) in [7, 11) is 0. The minimum atomic E-state index is -0.444. The van der Waals surface area contributed by atoms with E-state index in [1.54, 1.807) is 17.0 Å². The molecule has 0 N–H and O–H groups in total. The number of amides is 2. The van der Waals surface area contributed by atoms with Gasteiger partial charge in [-0.1, -0.05) is 15.9 Å². The van der Waals surface area contributed by atoms with Crippen LogP contribution in [0.1, 0.15) is 19.3 Å². The second-order valence-electron chi connectivity index (χ2n) is 5.08. The fourth-order valence-electron chi connectivity index (χ4n) is 2.89. The normalized spacial score (nSPS) is 23.0. The van der Waals surface area contributed by atoms with Crippen LogP contribution in [0.15, 0.2) is 22.7 Å². The van der Waals surface area contributed by atoms with Crippen LogP contribution in [0.25, 0.3) is 0 Å². The molecule has 1 unspecified atom stereocenters. The van der Waals surface area contributed by atoms with Gasteiger partial charge < -0.3 is 9.80 Å². The summed E-state index contributed by atoms with van der Waals surface area (Å²) in [5.41, 5.74) is 0.242. The second-order valence-corrected chi connectivity index (χ2v) is 6.00. The van der Waals surface area contributed by atoms with E-state index in [0.29, 0.717) is 17.4 Å². The van der Waals surface area contributed by atoms with Gasteiger partial charge in [-0.05, 0) is 31.0 Å². The summed E-state index contributed by atoms with van der Waals surface area (Å²) in [6.07, 6.45) is 1.74. The number of hydrogen-bond donors (Lipinski definition) is 0. The van der Waals surface area contributed by atoms with Crippen molar-refractivity contribution in [2.24, 2.45) is 0 Å². The summed E-state index contributed by atoms with van der Waals surface area (Å²) in [6.45, 7) is 0.863. The number of halogens is 2. The maximum atomic E-state index is 14.0. The van der Waals surface area contributed by atoms with E-state index in [-0.39, 0.29) is 30.5 Å². The first kappa shape index (κ1) is 13.5.